The number of carbonyl (C=O) groups excluding carboxylic acids is 1. The van der Waals surface area contributed by atoms with Gasteiger partial charge in [0.2, 0.25) is 5.91 Å². The standard InChI is InChI=1S/C24H28N2O3/c1-2-3-9-19(20-10-5-4-6-11-20)12-7-8-17-29-22-15-13-21(14-16-22)26-24(28)23(25)18-27/h2-7,9-16,23,27H,8,17-18,25H2,1H3,(H,26,28)/b3-2+,12-7-,19-9+. The Labute approximate surface area is 172 Å². The average Bonchev–Trinajstić information content (AvgIpc) is 2.76. The van der Waals surface area contributed by atoms with E-state index in [-0.39, 0.29) is 0 Å². The van der Waals surface area contributed by atoms with Gasteiger partial charge in [-0.15, -0.1) is 0 Å². The highest BCUT2D eigenvalue weighted by molar-refractivity contribution is 5.94. The lowest BCUT2D eigenvalue weighted by atomic mass is 10.0. The Morgan fingerprint density at radius 2 is 1.90 bits per heavy atom. The first-order valence-electron chi connectivity index (χ1n) is 9.59. The molecule has 0 aliphatic heterocycles. The van der Waals surface area contributed by atoms with E-state index in [0.29, 0.717) is 12.3 Å². The van der Waals surface area contributed by atoms with Gasteiger partial charge in [-0.3, -0.25) is 4.79 Å². The number of carbonyl (C=O) groups is 1. The van der Waals surface area contributed by atoms with E-state index >= 15 is 0 Å². The van der Waals surface area contributed by atoms with Crippen LogP contribution in [0.4, 0.5) is 5.69 Å². The zero-order valence-corrected chi connectivity index (χ0v) is 16.6. The van der Waals surface area contributed by atoms with Gasteiger partial charge in [-0.25, -0.2) is 0 Å². The predicted octanol–water partition coefficient (Wildman–Crippen LogP) is 3.93. The Morgan fingerprint density at radius 1 is 1.17 bits per heavy atom. The Kier molecular flexibility index (Phi) is 9.42. The number of rotatable bonds is 10. The highest BCUT2D eigenvalue weighted by Crippen LogP contribution is 2.18. The van der Waals surface area contributed by atoms with Gasteiger partial charge in [0.25, 0.3) is 0 Å². The van der Waals surface area contributed by atoms with Crippen LogP contribution in [-0.4, -0.2) is 30.3 Å². The molecule has 0 bridgehead atoms. The summed E-state index contributed by atoms with van der Waals surface area (Å²) in [6, 6.07) is 16.3. The number of amides is 1. The molecule has 0 saturated carbocycles. The molecule has 0 spiro atoms. The summed E-state index contributed by atoms with van der Waals surface area (Å²) in [7, 11) is 0. The summed E-state index contributed by atoms with van der Waals surface area (Å²) < 4.78 is 5.74. The lowest BCUT2D eigenvalue weighted by Crippen LogP contribution is -2.38. The third kappa shape index (κ3) is 7.78. The van der Waals surface area contributed by atoms with Gasteiger partial charge in [0.05, 0.1) is 13.2 Å². The summed E-state index contributed by atoms with van der Waals surface area (Å²) in [6.45, 7) is 2.15. The number of allylic oxidation sites excluding steroid dienone is 5. The van der Waals surface area contributed by atoms with Gasteiger partial charge in [-0.1, -0.05) is 60.7 Å². The van der Waals surface area contributed by atoms with E-state index in [2.05, 4.69) is 35.7 Å². The number of nitrogens with one attached hydrogen (secondary N) is 1. The first-order valence-corrected chi connectivity index (χ1v) is 9.59. The number of nitrogens with two attached hydrogens (primary N) is 1. The summed E-state index contributed by atoms with van der Waals surface area (Å²) in [4.78, 5) is 11.7. The van der Waals surface area contributed by atoms with Crippen LogP contribution in [0.25, 0.3) is 5.57 Å². The van der Waals surface area contributed by atoms with Crippen LogP contribution >= 0.6 is 0 Å². The number of hydrogen-bond donors (Lipinski definition) is 3. The Balaban J connectivity index is 1.84. The minimum Gasteiger partial charge on any atom is -0.493 e. The van der Waals surface area contributed by atoms with E-state index in [1.165, 1.54) is 5.56 Å². The lowest BCUT2D eigenvalue weighted by molar-refractivity contribution is -0.118. The highest BCUT2D eigenvalue weighted by atomic mass is 16.5. The Hall–Kier alpha value is -3.15. The average molecular weight is 392 g/mol. The predicted molar refractivity (Wildman–Crippen MR) is 119 cm³/mol. The van der Waals surface area contributed by atoms with Gasteiger partial charge in [-0.05, 0) is 48.7 Å². The van der Waals surface area contributed by atoms with Crippen LogP contribution in [0, 0.1) is 0 Å². The molecule has 0 heterocycles. The fourth-order valence-corrected chi connectivity index (χ4v) is 2.49. The molecule has 0 saturated heterocycles. The topological polar surface area (TPSA) is 84.6 Å². The molecule has 0 radical (unpaired) electrons. The molecule has 2 aromatic rings. The zero-order valence-electron chi connectivity index (χ0n) is 16.6. The van der Waals surface area contributed by atoms with Crippen molar-refractivity contribution in [3.8, 4) is 5.75 Å². The van der Waals surface area contributed by atoms with E-state index in [0.717, 1.165) is 17.7 Å². The van der Waals surface area contributed by atoms with E-state index in [1.807, 2.05) is 37.3 Å². The third-order valence-corrected chi connectivity index (χ3v) is 4.08. The van der Waals surface area contributed by atoms with E-state index in [4.69, 9.17) is 15.6 Å². The number of anilines is 1. The van der Waals surface area contributed by atoms with E-state index < -0.39 is 18.6 Å². The van der Waals surface area contributed by atoms with Crippen molar-refractivity contribution in [3.05, 3.63) is 90.5 Å². The molecule has 0 fully saturated rings. The van der Waals surface area contributed by atoms with Gasteiger partial charge in [0.1, 0.15) is 11.8 Å². The molecule has 1 unspecified atom stereocenters. The van der Waals surface area contributed by atoms with Crippen LogP contribution in [0.5, 0.6) is 5.75 Å². The third-order valence-electron chi connectivity index (χ3n) is 4.08. The quantitative estimate of drug-likeness (QED) is 0.422. The minimum absolute atomic E-state index is 0.392. The Morgan fingerprint density at radius 3 is 2.55 bits per heavy atom. The number of aliphatic hydroxyl groups is 1. The van der Waals surface area contributed by atoms with E-state index in [9.17, 15) is 4.79 Å². The number of ether oxygens (including phenoxy) is 1. The summed E-state index contributed by atoms with van der Waals surface area (Å²) in [5.74, 6) is 0.294. The van der Waals surface area contributed by atoms with Crippen LogP contribution in [-0.2, 0) is 4.79 Å². The van der Waals surface area contributed by atoms with Gasteiger partial charge >= 0.3 is 0 Å². The number of benzene rings is 2. The largest absolute Gasteiger partial charge is 0.493 e. The molecular formula is C24H28N2O3. The lowest BCUT2D eigenvalue weighted by Gasteiger charge is -2.10. The molecule has 5 nitrogen and oxygen atoms in total. The second kappa shape index (κ2) is 12.3. The van der Waals surface area contributed by atoms with Crippen LogP contribution in [0.1, 0.15) is 18.9 Å². The van der Waals surface area contributed by atoms with Crippen LogP contribution in [0.2, 0.25) is 0 Å². The Bertz CT molecular complexity index is 840. The van der Waals surface area contributed by atoms with Crippen LogP contribution < -0.4 is 15.8 Å². The van der Waals surface area contributed by atoms with Crippen molar-refractivity contribution in [1.82, 2.24) is 0 Å². The summed E-state index contributed by atoms with van der Waals surface area (Å²) in [6.07, 6.45) is 11.1. The monoisotopic (exact) mass is 392 g/mol. The van der Waals surface area contributed by atoms with Crippen molar-refractivity contribution in [1.29, 1.82) is 0 Å². The maximum Gasteiger partial charge on any atom is 0.243 e. The van der Waals surface area contributed by atoms with Gasteiger partial charge in [0.15, 0.2) is 0 Å². The number of aliphatic hydroxyl groups excluding tert-OH is 1. The van der Waals surface area contributed by atoms with Gasteiger partial charge in [0, 0.05) is 5.69 Å². The van der Waals surface area contributed by atoms with Gasteiger partial charge < -0.3 is 20.9 Å². The van der Waals surface area contributed by atoms with Crippen molar-refractivity contribution in [2.45, 2.75) is 19.4 Å². The molecule has 1 atom stereocenters. The SMILES string of the molecule is C/C=C/C=C(\C=C/CCOc1ccc(NC(=O)C(N)CO)cc1)c1ccccc1. The van der Waals surface area contributed by atoms with Crippen molar-refractivity contribution in [2.75, 3.05) is 18.5 Å². The van der Waals surface area contributed by atoms with E-state index in [1.54, 1.807) is 24.3 Å². The summed E-state index contributed by atoms with van der Waals surface area (Å²) >= 11 is 0. The van der Waals surface area contributed by atoms with Crippen molar-refractivity contribution in [2.24, 2.45) is 5.73 Å². The molecular weight excluding hydrogens is 364 g/mol. The molecule has 0 aliphatic rings. The molecule has 2 aromatic carbocycles. The maximum absolute atomic E-state index is 11.7. The molecule has 29 heavy (non-hydrogen) atoms. The summed E-state index contributed by atoms with van der Waals surface area (Å²) in [5, 5.41) is 11.5. The molecule has 0 aliphatic carbocycles. The fraction of sp³-hybridized carbons (Fsp3) is 0.208. The molecule has 0 aromatic heterocycles. The molecule has 152 valence electrons. The van der Waals surface area contributed by atoms with Crippen molar-refractivity contribution in [3.63, 3.8) is 0 Å². The normalized spacial score (nSPS) is 13.0. The first-order chi connectivity index (χ1) is 14.1. The molecule has 4 N–H and O–H groups in total. The van der Waals surface area contributed by atoms with Crippen molar-refractivity contribution < 1.29 is 14.6 Å². The number of hydrogen-bond acceptors (Lipinski definition) is 4. The van der Waals surface area contributed by atoms with Crippen LogP contribution in [0.3, 0.4) is 0 Å². The summed E-state index contributed by atoms with van der Waals surface area (Å²) in [5.41, 5.74) is 8.39. The van der Waals surface area contributed by atoms with Crippen LogP contribution in [0.15, 0.2) is 85.0 Å². The molecule has 5 heteroatoms. The first kappa shape index (κ1) is 22.1. The highest BCUT2D eigenvalue weighted by Gasteiger charge is 2.11. The molecule has 1 amide bonds. The minimum atomic E-state index is -0.930. The smallest absolute Gasteiger partial charge is 0.243 e. The second-order valence-electron chi connectivity index (χ2n) is 6.36. The van der Waals surface area contributed by atoms with Gasteiger partial charge in [-0.2, -0.15) is 0 Å². The fourth-order valence-electron chi connectivity index (χ4n) is 2.49. The van der Waals surface area contributed by atoms with Crippen molar-refractivity contribution >= 4 is 17.2 Å². The molecule has 2 rings (SSSR count). The second-order valence-corrected chi connectivity index (χ2v) is 6.36. The zero-order chi connectivity index (χ0) is 20.9. The maximum atomic E-state index is 11.7.